The number of rotatable bonds is 28. The summed E-state index contributed by atoms with van der Waals surface area (Å²) in [4.78, 5) is 113. The molecule has 12 aliphatic rings. The Bertz CT molecular complexity index is 4620. The minimum Gasteiger partial charge on any atom is -0.365 e. The van der Waals surface area contributed by atoms with Crippen molar-refractivity contribution in [3.8, 4) is 0 Å². The maximum absolute atomic E-state index is 13.4. The number of halogens is 9. The van der Waals surface area contributed by atoms with Gasteiger partial charge in [0.05, 0.1) is 6.54 Å². The number of likely N-dealkylation sites (tertiary alicyclic amines) is 1. The van der Waals surface area contributed by atoms with Gasteiger partial charge in [0.25, 0.3) is 29.6 Å². The molecule has 0 bridgehead atoms. The average molecular weight is 1760 g/mol. The summed E-state index contributed by atoms with van der Waals surface area (Å²) in [5, 5.41) is 39.0. The molecule has 5 heterocycles. The molecule has 678 valence electrons. The Morgan fingerprint density at radius 1 is 0.376 bits per heavy atom. The van der Waals surface area contributed by atoms with Crippen molar-refractivity contribution in [2.45, 2.75) is 294 Å². The molecule has 2 atom stereocenters. The molecule has 11 saturated carbocycles. The third-order valence-corrected chi connectivity index (χ3v) is 27.4. The maximum Gasteiger partial charge on any atom is 0.401 e. The van der Waals surface area contributed by atoms with E-state index in [1.165, 1.54) is 22.0 Å². The molecule has 0 spiro atoms. The van der Waals surface area contributed by atoms with Crippen LogP contribution in [0.15, 0.2) is 24.8 Å². The van der Waals surface area contributed by atoms with Crippen LogP contribution in [0.3, 0.4) is 0 Å². The van der Waals surface area contributed by atoms with E-state index in [1.807, 2.05) is 0 Å². The van der Waals surface area contributed by atoms with E-state index in [0.717, 1.165) is 83.5 Å². The summed E-state index contributed by atoms with van der Waals surface area (Å²) in [6, 6.07) is 0.558. The van der Waals surface area contributed by atoms with Crippen molar-refractivity contribution in [1.82, 2.24) is 60.0 Å². The van der Waals surface area contributed by atoms with Crippen LogP contribution >= 0.6 is 0 Å². The minimum absolute atomic E-state index is 0.00645. The van der Waals surface area contributed by atoms with Gasteiger partial charge in [-0.3, -0.25) is 62.0 Å². The van der Waals surface area contributed by atoms with E-state index < -0.39 is 76.3 Å². The Morgan fingerprint density at radius 3 is 0.888 bits per heavy atom. The summed E-state index contributed by atoms with van der Waals surface area (Å²) in [7, 11) is 0. The van der Waals surface area contributed by atoms with Crippen molar-refractivity contribution in [3.63, 3.8) is 0 Å². The van der Waals surface area contributed by atoms with Crippen LogP contribution < -0.4 is 60.2 Å². The van der Waals surface area contributed by atoms with Crippen molar-refractivity contribution < 1.29 is 77.9 Å². The number of carbonyl (C=O) groups excluding carboxylic acids is 8. The fourth-order valence-electron chi connectivity index (χ4n) is 19.0. The van der Waals surface area contributed by atoms with E-state index in [-0.39, 0.29) is 220 Å². The molecule has 0 unspecified atom stereocenters. The van der Waals surface area contributed by atoms with E-state index in [1.54, 1.807) is 26.4 Å². The van der Waals surface area contributed by atoms with Crippen LogP contribution in [-0.2, 0) is 41.3 Å². The summed E-state index contributed by atoms with van der Waals surface area (Å²) in [6.45, 7) is 29.5. The average Bonchev–Trinajstić information content (AvgIpc) is 1.59. The molecular weight excluding hydrogens is 1640 g/mol. The fraction of sp³-hybridized carbons (Fsp3) is 0.714. The molecule has 11 aliphatic carbocycles. The first-order valence-electron chi connectivity index (χ1n) is 43.6. The summed E-state index contributed by atoms with van der Waals surface area (Å²) in [5.41, 5.74) is 19.8. The lowest BCUT2D eigenvalue weighted by atomic mass is 9.78. The van der Waals surface area contributed by atoms with Crippen LogP contribution in [0.4, 0.5) is 62.8 Å². The van der Waals surface area contributed by atoms with Gasteiger partial charge in [0.15, 0.2) is 23.3 Å². The zero-order valence-corrected chi connectivity index (χ0v) is 69.8. The Kier molecular flexibility index (Phi) is 27.9. The number of hydrogen-bond acceptors (Lipinski definition) is 16. The first kappa shape index (κ1) is 92.4. The molecule has 0 radical (unpaired) electrons. The Labute approximate surface area is 717 Å². The lowest BCUT2D eigenvalue weighted by Gasteiger charge is -2.42. The van der Waals surface area contributed by atoms with Crippen LogP contribution in [0.2, 0.25) is 0 Å². The zero-order chi connectivity index (χ0) is 89.8. The summed E-state index contributed by atoms with van der Waals surface area (Å²) < 4.78 is 124. The molecule has 4 aromatic heterocycles. The normalized spacial score (nSPS) is 27.5. The number of aromatic nitrogens is 8. The summed E-state index contributed by atoms with van der Waals surface area (Å²) in [6.07, 6.45) is 20.1. The van der Waals surface area contributed by atoms with Crippen molar-refractivity contribution in [1.29, 1.82) is 0 Å². The van der Waals surface area contributed by atoms with E-state index in [2.05, 4.69) is 77.0 Å². The lowest BCUT2D eigenvalue weighted by molar-refractivity contribution is -0.150. The Morgan fingerprint density at radius 2 is 0.640 bits per heavy atom. The van der Waals surface area contributed by atoms with Crippen LogP contribution in [0.1, 0.15) is 253 Å². The van der Waals surface area contributed by atoms with Gasteiger partial charge in [-0.05, 0) is 185 Å². The van der Waals surface area contributed by atoms with Crippen molar-refractivity contribution in [2.24, 2.45) is 58.4 Å². The van der Waals surface area contributed by atoms with Crippen LogP contribution in [0.5, 0.6) is 0 Å². The molecule has 32 nitrogen and oxygen atoms in total. The number of nitrogens with one attached hydrogen (secondary N) is 7. The molecule has 15 N–H and O–H groups in total. The molecule has 12 fully saturated rings. The van der Waals surface area contributed by atoms with Gasteiger partial charge in [-0.25, -0.2) is 52.6 Å². The number of nitrogens with two attached hydrogens (primary N) is 4. The van der Waals surface area contributed by atoms with Crippen LogP contribution in [0, 0.1) is 61.8 Å². The van der Waals surface area contributed by atoms with Crippen molar-refractivity contribution in [2.75, 3.05) is 67.1 Å². The van der Waals surface area contributed by atoms with E-state index in [0.29, 0.717) is 88.9 Å². The highest BCUT2D eigenvalue weighted by molar-refractivity contribution is 6.05. The molecule has 41 heteroatoms. The first-order valence-corrected chi connectivity index (χ1v) is 43.6. The number of amides is 8. The molecule has 1 saturated heterocycles. The lowest BCUT2D eigenvalue weighted by Crippen LogP contribution is -2.54. The highest BCUT2D eigenvalue weighted by Gasteiger charge is 2.54. The van der Waals surface area contributed by atoms with Gasteiger partial charge >= 0.3 is 6.18 Å². The highest BCUT2D eigenvalue weighted by atomic mass is 19.4. The van der Waals surface area contributed by atoms with Gasteiger partial charge in [-0.1, -0.05) is 0 Å². The number of piperidine rings is 1. The van der Waals surface area contributed by atoms with E-state index in [4.69, 9.17) is 49.2 Å². The van der Waals surface area contributed by atoms with Gasteiger partial charge in [-0.15, -0.1) is 0 Å². The van der Waals surface area contributed by atoms with Gasteiger partial charge in [0.2, 0.25) is 61.7 Å². The summed E-state index contributed by atoms with van der Waals surface area (Å²) in [5.74, 6) is -9.83. The predicted molar refractivity (Wildman–Crippen MR) is 438 cm³/mol. The van der Waals surface area contributed by atoms with Crippen molar-refractivity contribution in [3.05, 3.63) is 92.7 Å². The second-order valence-electron chi connectivity index (χ2n) is 37.0. The van der Waals surface area contributed by atoms with Gasteiger partial charge in [0.1, 0.15) is 44.4 Å². The third kappa shape index (κ3) is 23.3. The molecule has 8 amide bonds. The largest absolute Gasteiger partial charge is 0.401 e. The monoisotopic (exact) mass is 1750 g/mol. The minimum atomic E-state index is -4.29. The van der Waals surface area contributed by atoms with Crippen LogP contribution in [0.25, 0.3) is 19.4 Å². The highest BCUT2D eigenvalue weighted by Crippen LogP contribution is 2.55. The number of nitrogens with zero attached hydrogens (tertiary/aromatic N) is 13. The number of carbonyl (C=O) groups is 8. The zero-order valence-electron chi connectivity index (χ0n) is 69.8. The summed E-state index contributed by atoms with van der Waals surface area (Å²) >= 11 is 0. The van der Waals surface area contributed by atoms with E-state index in [9.17, 15) is 77.9 Å². The van der Waals surface area contributed by atoms with Crippen molar-refractivity contribution >= 4 is 70.5 Å². The molecule has 1 aliphatic heterocycles. The molecule has 16 rings (SSSR count). The predicted octanol–water partition coefficient (Wildman–Crippen LogP) is 10.6. The molecule has 4 aromatic rings. The first-order chi connectivity index (χ1) is 59.2. The fourth-order valence-corrected chi connectivity index (χ4v) is 19.0. The smallest absolute Gasteiger partial charge is 0.365 e. The maximum atomic E-state index is 13.4. The Hall–Kier alpha value is -10.2. The Balaban J connectivity index is 0.000000143. The number of alkyl halides is 9. The molecular formula is C84H111F9N24O8. The van der Waals surface area contributed by atoms with Crippen LogP contribution in [-0.4, -0.2) is 197 Å². The number of hydrogen-bond donors (Lipinski definition) is 11. The second kappa shape index (κ2) is 37.8. The molecule has 125 heavy (non-hydrogen) atoms. The third-order valence-electron chi connectivity index (χ3n) is 27.4. The second-order valence-corrected chi connectivity index (χ2v) is 37.0. The topological polar surface area (TPSA) is 417 Å². The number of primary amides is 4. The van der Waals surface area contributed by atoms with E-state index >= 15 is 0 Å². The standard InChI is InChI=1S/2C22H30F2N6O2.C20H25F3N6O2.C20H26F2N6O2/c2*1-26-13-21(8-4-15(5-9-21)27-16-6-10-22(23,24)11-7-16)30-12-17(18(25)31)19(29-30)28-20(32)14-2-3-14;1-25-10-19(4-6-28(7-5-19)11-20(21,22)23)29-9-15(16(24)30)17(27-29)26-18(31)14-8-13(14)12-2-3-12;1-24-11-19(6-4-13(5-7-19)25-14-8-20(21,22)9-14)28-10-15(16(23)29)17(27-28)26-18(30)12-2-3-12/h2*12,14-16,27H,2-11,13H2,(H2,25,31)(H,28,29,32);9,12-14H,2-8,10-11H2,(H2,24,30)(H,26,27,31);10,12-14,25H,2-9,11H2,(H2,23,29)(H,26,27,30)/t;;13-,14-;/m..0./s1. The quantitative estimate of drug-likeness (QED) is 0.0186. The number of anilines is 4. The van der Waals surface area contributed by atoms with Gasteiger partial charge in [-0.2, -0.15) is 33.6 Å². The SMILES string of the molecule is [C-]#[N+]CC1(n2cc(C(N)=O)c(NC(=O)C3CC3)n2)CCC(NC2CC(F)(F)C2)CC1.[C-]#[N+]CC1(n2cc(C(N)=O)c(NC(=O)C3CC3)n2)CCC(NC2CCC(F)(F)CC2)CC1.[C-]#[N+]CC1(n2cc(C(N)=O)c(NC(=O)C3CC3)n2)CCC(NC2CCC(F)(F)CC2)CC1.[C-]#[N+]CC1(n2cc(C(N)=O)c(NC(=O)[C@H]3C[C@H]3C3CC3)n2)CCN(CC(F)(F)F)CC1. The van der Waals surface area contributed by atoms with Gasteiger partial charge < -0.3 is 79.5 Å². The van der Waals surface area contributed by atoms with Gasteiger partial charge in [0, 0.05) is 136 Å². The molecule has 0 aromatic carbocycles.